The first-order valence-corrected chi connectivity index (χ1v) is 8.17. The zero-order valence-electron chi connectivity index (χ0n) is 13.3. The smallest absolute Gasteiger partial charge is 0.253 e. The molecule has 2 amide bonds. The second kappa shape index (κ2) is 9.46. The zero-order chi connectivity index (χ0) is 16.5. The number of carbonyl (C=O) groups is 2. The highest BCUT2D eigenvalue weighted by molar-refractivity contribution is 9.10. The quantitative estimate of drug-likeness (QED) is 0.715. The van der Waals surface area contributed by atoms with Crippen molar-refractivity contribution in [1.29, 1.82) is 0 Å². The Balaban J connectivity index is 2.65. The molecule has 0 saturated heterocycles. The molecule has 0 spiro atoms. The summed E-state index contributed by atoms with van der Waals surface area (Å²) in [4.78, 5) is 25.1. The molecule has 5 nitrogen and oxygen atoms in total. The highest BCUT2D eigenvalue weighted by Crippen LogP contribution is 2.26. The van der Waals surface area contributed by atoms with Gasteiger partial charge in [-0.05, 0) is 40.5 Å². The van der Waals surface area contributed by atoms with E-state index in [9.17, 15) is 9.59 Å². The van der Waals surface area contributed by atoms with E-state index < -0.39 is 0 Å². The first-order chi connectivity index (χ1) is 10.5. The van der Waals surface area contributed by atoms with Crippen LogP contribution in [0.25, 0.3) is 0 Å². The van der Waals surface area contributed by atoms with Crippen molar-refractivity contribution in [1.82, 2.24) is 10.2 Å². The van der Waals surface area contributed by atoms with Crippen LogP contribution in [0.2, 0.25) is 0 Å². The van der Waals surface area contributed by atoms with Gasteiger partial charge in [-0.3, -0.25) is 9.59 Å². The summed E-state index contributed by atoms with van der Waals surface area (Å²) in [6.07, 6.45) is 2.36. The average molecular weight is 371 g/mol. The molecule has 6 heteroatoms. The van der Waals surface area contributed by atoms with E-state index in [1.54, 1.807) is 32.3 Å². The number of nitrogens with zero attached hydrogens (tertiary/aromatic N) is 1. The van der Waals surface area contributed by atoms with Gasteiger partial charge in [0.25, 0.3) is 5.91 Å². The summed E-state index contributed by atoms with van der Waals surface area (Å²) in [5.74, 6) is 0.531. The van der Waals surface area contributed by atoms with Crippen LogP contribution in [0.15, 0.2) is 22.7 Å². The van der Waals surface area contributed by atoms with Crippen molar-refractivity contribution in [3.05, 3.63) is 28.2 Å². The Labute approximate surface area is 140 Å². The third-order valence-corrected chi connectivity index (χ3v) is 3.85. The Hall–Kier alpha value is -1.56. The summed E-state index contributed by atoms with van der Waals surface area (Å²) in [5.41, 5.74) is 0.564. The van der Waals surface area contributed by atoms with Crippen LogP contribution < -0.4 is 10.1 Å². The SMILES string of the molecule is CCCCOc1ccc(C(=O)N(C)CCC(=O)NC)cc1Br. The fourth-order valence-corrected chi connectivity index (χ4v) is 2.29. The Kier molecular flexibility index (Phi) is 7.95. The highest BCUT2D eigenvalue weighted by atomic mass is 79.9. The number of amides is 2. The number of benzene rings is 1. The molecule has 1 aromatic carbocycles. The van der Waals surface area contributed by atoms with Crippen LogP contribution in [0.5, 0.6) is 5.75 Å². The lowest BCUT2D eigenvalue weighted by atomic mass is 10.2. The maximum atomic E-state index is 12.3. The van der Waals surface area contributed by atoms with Crippen LogP contribution in [0.3, 0.4) is 0 Å². The lowest BCUT2D eigenvalue weighted by Crippen LogP contribution is -2.31. The van der Waals surface area contributed by atoms with Gasteiger partial charge in [0.05, 0.1) is 11.1 Å². The van der Waals surface area contributed by atoms with Crippen LogP contribution >= 0.6 is 15.9 Å². The van der Waals surface area contributed by atoms with Crippen LogP contribution in [0, 0.1) is 0 Å². The standard InChI is InChI=1S/C16H23BrN2O3/c1-4-5-10-22-14-7-6-12(11-13(14)17)16(21)19(3)9-8-15(20)18-2/h6-7,11H,4-5,8-10H2,1-3H3,(H,18,20). The van der Waals surface area contributed by atoms with E-state index in [1.807, 2.05) is 0 Å². The van der Waals surface area contributed by atoms with E-state index in [4.69, 9.17) is 4.74 Å². The van der Waals surface area contributed by atoms with Gasteiger partial charge in [-0.2, -0.15) is 0 Å². The van der Waals surface area contributed by atoms with Gasteiger partial charge in [-0.15, -0.1) is 0 Å². The van der Waals surface area contributed by atoms with Gasteiger partial charge in [0.2, 0.25) is 5.91 Å². The second-order valence-corrected chi connectivity index (χ2v) is 5.85. The number of rotatable bonds is 8. The number of nitrogens with one attached hydrogen (secondary N) is 1. The minimum Gasteiger partial charge on any atom is -0.492 e. The largest absolute Gasteiger partial charge is 0.492 e. The lowest BCUT2D eigenvalue weighted by molar-refractivity contribution is -0.120. The molecule has 0 aromatic heterocycles. The molecule has 0 heterocycles. The highest BCUT2D eigenvalue weighted by Gasteiger charge is 2.14. The molecule has 0 radical (unpaired) electrons. The average Bonchev–Trinajstić information content (AvgIpc) is 2.53. The Morgan fingerprint density at radius 2 is 2.09 bits per heavy atom. The van der Waals surface area contributed by atoms with E-state index in [-0.39, 0.29) is 18.2 Å². The van der Waals surface area contributed by atoms with E-state index in [0.29, 0.717) is 18.7 Å². The van der Waals surface area contributed by atoms with Crippen molar-refractivity contribution < 1.29 is 14.3 Å². The van der Waals surface area contributed by atoms with Crippen molar-refractivity contribution in [3.8, 4) is 5.75 Å². The van der Waals surface area contributed by atoms with Gasteiger partial charge >= 0.3 is 0 Å². The predicted molar refractivity (Wildman–Crippen MR) is 90.2 cm³/mol. The molecule has 0 aliphatic heterocycles. The van der Waals surface area contributed by atoms with E-state index in [2.05, 4.69) is 28.2 Å². The molecule has 0 aliphatic carbocycles. The van der Waals surface area contributed by atoms with Gasteiger partial charge in [0.1, 0.15) is 5.75 Å². The normalized spacial score (nSPS) is 10.2. The Morgan fingerprint density at radius 3 is 2.68 bits per heavy atom. The maximum absolute atomic E-state index is 12.3. The summed E-state index contributed by atoms with van der Waals surface area (Å²) >= 11 is 3.43. The minimum atomic E-state index is -0.121. The Morgan fingerprint density at radius 1 is 1.36 bits per heavy atom. The monoisotopic (exact) mass is 370 g/mol. The third-order valence-electron chi connectivity index (χ3n) is 3.23. The molecule has 0 unspecified atom stereocenters. The lowest BCUT2D eigenvalue weighted by Gasteiger charge is -2.17. The molecule has 0 bridgehead atoms. The van der Waals surface area contributed by atoms with Crippen LogP contribution in [-0.2, 0) is 4.79 Å². The first kappa shape index (κ1) is 18.5. The Bertz CT molecular complexity index is 520. The molecule has 0 saturated carbocycles. The molecular weight excluding hydrogens is 348 g/mol. The van der Waals surface area contributed by atoms with Crippen LogP contribution in [-0.4, -0.2) is 44.0 Å². The number of carbonyl (C=O) groups excluding carboxylic acids is 2. The molecular formula is C16H23BrN2O3. The zero-order valence-corrected chi connectivity index (χ0v) is 14.9. The number of unbranched alkanes of at least 4 members (excludes halogenated alkanes) is 1. The molecule has 1 N–H and O–H groups in total. The molecule has 1 aromatic rings. The van der Waals surface area contributed by atoms with Gasteiger partial charge in [0, 0.05) is 32.6 Å². The van der Waals surface area contributed by atoms with Crippen LogP contribution in [0.4, 0.5) is 0 Å². The molecule has 0 fully saturated rings. The number of hydrogen-bond donors (Lipinski definition) is 1. The summed E-state index contributed by atoms with van der Waals surface area (Å²) in [5, 5.41) is 2.54. The first-order valence-electron chi connectivity index (χ1n) is 7.38. The van der Waals surface area contributed by atoms with Gasteiger partial charge < -0.3 is 15.0 Å². The van der Waals surface area contributed by atoms with Crippen molar-refractivity contribution in [2.75, 3.05) is 27.2 Å². The molecule has 122 valence electrons. The van der Waals surface area contributed by atoms with E-state index in [1.165, 1.54) is 4.90 Å². The van der Waals surface area contributed by atoms with Crippen molar-refractivity contribution >= 4 is 27.7 Å². The number of hydrogen-bond acceptors (Lipinski definition) is 3. The second-order valence-electron chi connectivity index (χ2n) is 5.00. The fourth-order valence-electron chi connectivity index (χ4n) is 1.79. The fraction of sp³-hybridized carbons (Fsp3) is 0.500. The molecule has 22 heavy (non-hydrogen) atoms. The third kappa shape index (κ3) is 5.67. The summed E-state index contributed by atoms with van der Waals surface area (Å²) in [7, 11) is 3.27. The van der Waals surface area contributed by atoms with Gasteiger partial charge in [-0.1, -0.05) is 13.3 Å². The summed E-state index contributed by atoms with van der Waals surface area (Å²) in [6, 6.07) is 5.28. The topological polar surface area (TPSA) is 58.6 Å². The molecule has 1 rings (SSSR count). The minimum absolute atomic E-state index is 0.0829. The van der Waals surface area contributed by atoms with Gasteiger partial charge in [-0.25, -0.2) is 0 Å². The predicted octanol–water partition coefficient (Wildman–Crippen LogP) is 2.84. The summed E-state index contributed by atoms with van der Waals surface area (Å²) < 4.78 is 6.40. The van der Waals surface area contributed by atoms with Crippen molar-refractivity contribution in [3.63, 3.8) is 0 Å². The maximum Gasteiger partial charge on any atom is 0.253 e. The van der Waals surface area contributed by atoms with E-state index in [0.717, 1.165) is 23.1 Å². The van der Waals surface area contributed by atoms with Crippen LogP contribution in [0.1, 0.15) is 36.5 Å². The number of halogens is 1. The van der Waals surface area contributed by atoms with Crippen molar-refractivity contribution in [2.45, 2.75) is 26.2 Å². The molecule has 0 aliphatic rings. The van der Waals surface area contributed by atoms with Crippen molar-refractivity contribution in [2.24, 2.45) is 0 Å². The van der Waals surface area contributed by atoms with E-state index >= 15 is 0 Å². The summed E-state index contributed by atoms with van der Waals surface area (Å²) in [6.45, 7) is 3.15. The van der Waals surface area contributed by atoms with Gasteiger partial charge in [0.15, 0.2) is 0 Å². The number of ether oxygens (including phenoxy) is 1. The molecule has 0 atom stereocenters.